The number of hydrogen-bond donors (Lipinski definition) is 2. The largest absolute Gasteiger partial charge is 0.479 e. The summed E-state index contributed by atoms with van der Waals surface area (Å²) in [4.78, 5) is 24.8. The fraction of sp³-hybridized carbons (Fsp3) is 0.125. The van der Waals surface area contributed by atoms with Crippen molar-refractivity contribution < 1.29 is 14.3 Å². The second-order valence-electron chi connectivity index (χ2n) is 7.16. The van der Waals surface area contributed by atoms with Gasteiger partial charge < -0.3 is 10.1 Å². The Hall–Kier alpha value is -2.77. The minimum absolute atomic E-state index is 0.261. The van der Waals surface area contributed by atoms with Crippen molar-refractivity contribution >= 4 is 69.6 Å². The predicted octanol–water partition coefficient (Wildman–Crippen LogP) is 6.86. The Morgan fingerprint density at radius 3 is 2.12 bits per heavy atom. The highest BCUT2D eigenvalue weighted by molar-refractivity contribution is 6.37. The van der Waals surface area contributed by atoms with E-state index in [2.05, 4.69) is 15.8 Å². The van der Waals surface area contributed by atoms with Crippen LogP contribution in [0, 0.1) is 0 Å². The molecule has 34 heavy (non-hydrogen) atoms. The van der Waals surface area contributed by atoms with Crippen LogP contribution in [-0.2, 0) is 4.79 Å². The fourth-order valence-corrected chi connectivity index (χ4v) is 3.72. The molecule has 10 heteroatoms. The number of anilines is 1. The van der Waals surface area contributed by atoms with Crippen LogP contribution >= 0.6 is 46.4 Å². The van der Waals surface area contributed by atoms with Crippen molar-refractivity contribution in [2.45, 2.75) is 20.0 Å². The van der Waals surface area contributed by atoms with Gasteiger partial charge in [0.05, 0.1) is 21.3 Å². The number of carbonyl (C=O) groups is 2. The summed E-state index contributed by atoms with van der Waals surface area (Å²) in [5.74, 6) is -0.470. The molecule has 0 aliphatic heterocycles. The van der Waals surface area contributed by atoms with Crippen LogP contribution in [0.15, 0.2) is 65.8 Å². The average molecular weight is 539 g/mol. The summed E-state index contributed by atoms with van der Waals surface area (Å²) >= 11 is 23.9. The van der Waals surface area contributed by atoms with E-state index >= 15 is 0 Å². The van der Waals surface area contributed by atoms with E-state index in [4.69, 9.17) is 51.1 Å². The van der Waals surface area contributed by atoms with Crippen LogP contribution in [0.4, 0.5) is 5.69 Å². The van der Waals surface area contributed by atoms with E-state index in [1.807, 2.05) is 0 Å². The van der Waals surface area contributed by atoms with Gasteiger partial charge in [-0.05, 0) is 67.9 Å². The molecule has 176 valence electrons. The molecule has 0 fully saturated rings. The van der Waals surface area contributed by atoms with Crippen molar-refractivity contribution in [1.29, 1.82) is 0 Å². The van der Waals surface area contributed by atoms with E-state index < -0.39 is 12.0 Å². The Balaban J connectivity index is 1.58. The van der Waals surface area contributed by atoms with Crippen molar-refractivity contribution in [1.82, 2.24) is 5.43 Å². The number of halogens is 4. The Morgan fingerprint density at radius 1 is 0.882 bits per heavy atom. The van der Waals surface area contributed by atoms with Gasteiger partial charge in [-0.25, -0.2) is 5.43 Å². The monoisotopic (exact) mass is 537 g/mol. The lowest BCUT2D eigenvalue weighted by molar-refractivity contribution is -0.127. The number of hydrazone groups is 1. The maximum absolute atomic E-state index is 12.4. The third kappa shape index (κ3) is 6.87. The Morgan fingerprint density at radius 2 is 1.50 bits per heavy atom. The number of amides is 2. The molecular weight excluding hydrogens is 520 g/mol. The van der Waals surface area contributed by atoms with Crippen molar-refractivity contribution in [2.24, 2.45) is 5.10 Å². The number of hydrogen-bond acceptors (Lipinski definition) is 4. The van der Waals surface area contributed by atoms with Crippen LogP contribution < -0.4 is 15.5 Å². The number of nitrogens with one attached hydrogen (secondary N) is 2. The number of nitrogens with zero attached hydrogens (tertiary/aromatic N) is 1. The van der Waals surface area contributed by atoms with Gasteiger partial charge in [-0.2, -0.15) is 5.10 Å². The van der Waals surface area contributed by atoms with Gasteiger partial charge in [-0.1, -0.05) is 58.5 Å². The molecule has 0 spiro atoms. The number of ether oxygens (including phenoxy) is 1. The van der Waals surface area contributed by atoms with Crippen LogP contribution in [0.25, 0.3) is 0 Å². The summed E-state index contributed by atoms with van der Waals surface area (Å²) in [5, 5.41) is 8.36. The lowest BCUT2D eigenvalue weighted by atomic mass is 10.1. The van der Waals surface area contributed by atoms with Crippen molar-refractivity contribution in [3.8, 4) is 5.75 Å². The maximum atomic E-state index is 12.4. The third-order valence-corrected chi connectivity index (χ3v) is 5.72. The van der Waals surface area contributed by atoms with Crippen LogP contribution in [0.2, 0.25) is 20.1 Å². The molecule has 0 bridgehead atoms. The van der Waals surface area contributed by atoms with Crippen molar-refractivity contribution in [2.75, 3.05) is 5.32 Å². The molecule has 0 radical (unpaired) electrons. The van der Waals surface area contributed by atoms with E-state index in [0.29, 0.717) is 37.8 Å². The minimum atomic E-state index is -0.840. The molecule has 3 aromatic rings. The van der Waals surface area contributed by atoms with E-state index in [1.54, 1.807) is 62.4 Å². The van der Waals surface area contributed by atoms with E-state index in [9.17, 15) is 9.59 Å². The minimum Gasteiger partial charge on any atom is -0.479 e. The van der Waals surface area contributed by atoms with Crippen LogP contribution in [0.5, 0.6) is 5.75 Å². The normalized spacial score (nSPS) is 12.1. The van der Waals surface area contributed by atoms with E-state index in [0.717, 1.165) is 5.56 Å². The van der Waals surface area contributed by atoms with Gasteiger partial charge in [0.15, 0.2) is 6.10 Å². The topological polar surface area (TPSA) is 79.8 Å². The zero-order chi connectivity index (χ0) is 24.8. The molecule has 6 nitrogen and oxygen atoms in total. The summed E-state index contributed by atoms with van der Waals surface area (Å²) in [6.45, 7) is 3.32. The number of rotatable bonds is 7. The average Bonchev–Trinajstić information content (AvgIpc) is 2.79. The van der Waals surface area contributed by atoms with Gasteiger partial charge in [0, 0.05) is 15.7 Å². The quantitative estimate of drug-likeness (QED) is 0.254. The van der Waals surface area contributed by atoms with E-state index in [-0.39, 0.29) is 10.9 Å². The second-order valence-corrected chi connectivity index (χ2v) is 8.85. The summed E-state index contributed by atoms with van der Waals surface area (Å²) in [6, 6.07) is 16.3. The summed E-state index contributed by atoms with van der Waals surface area (Å²) in [7, 11) is 0. The lowest BCUT2D eigenvalue weighted by Gasteiger charge is -2.14. The van der Waals surface area contributed by atoms with Gasteiger partial charge in [0.25, 0.3) is 11.8 Å². The molecule has 3 rings (SSSR count). The van der Waals surface area contributed by atoms with Gasteiger partial charge in [0.2, 0.25) is 0 Å². The first kappa shape index (κ1) is 25.8. The Labute approximate surface area is 216 Å². The molecule has 0 aliphatic carbocycles. The number of carbonyl (C=O) groups excluding carboxylic acids is 2. The van der Waals surface area contributed by atoms with Gasteiger partial charge in [-0.3, -0.25) is 9.59 Å². The summed E-state index contributed by atoms with van der Waals surface area (Å²) in [5.41, 5.74) is 4.66. The molecule has 1 atom stereocenters. The molecule has 0 heterocycles. The molecule has 0 saturated carbocycles. The van der Waals surface area contributed by atoms with Gasteiger partial charge >= 0.3 is 0 Å². The van der Waals surface area contributed by atoms with Crippen molar-refractivity contribution in [3.63, 3.8) is 0 Å². The van der Waals surface area contributed by atoms with E-state index in [1.165, 1.54) is 12.1 Å². The standard InChI is InChI=1S/C24H19Cl4N3O3/c1-13(30-31-23(32)14(2)34-22-10-6-17(26)12-21(22)28)15-3-7-18(8-4-15)29-24(33)19-9-5-16(25)11-20(19)27/h3-12,14H,1-2H3,(H,29,33)(H,31,32). The zero-order valence-corrected chi connectivity index (χ0v) is 21.1. The van der Waals surface area contributed by atoms with Gasteiger partial charge in [-0.15, -0.1) is 0 Å². The highest BCUT2D eigenvalue weighted by Crippen LogP contribution is 2.28. The highest BCUT2D eigenvalue weighted by Gasteiger charge is 2.16. The van der Waals surface area contributed by atoms with Crippen LogP contribution in [0.3, 0.4) is 0 Å². The molecule has 2 amide bonds. The van der Waals surface area contributed by atoms with Crippen molar-refractivity contribution in [3.05, 3.63) is 91.9 Å². The zero-order valence-electron chi connectivity index (χ0n) is 18.0. The Bertz CT molecular complexity index is 1250. The van der Waals surface area contributed by atoms with Crippen LogP contribution in [-0.4, -0.2) is 23.6 Å². The molecule has 0 aromatic heterocycles. The molecular formula is C24H19Cl4N3O3. The third-order valence-electron chi connectivity index (χ3n) is 4.64. The highest BCUT2D eigenvalue weighted by atomic mass is 35.5. The lowest BCUT2D eigenvalue weighted by Crippen LogP contribution is -2.34. The summed E-state index contributed by atoms with van der Waals surface area (Å²) in [6.07, 6.45) is -0.840. The fourth-order valence-electron chi connectivity index (χ4n) is 2.78. The first-order valence-electron chi connectivity index (χ1n) is 9.96. The second kappa shape index (κ2) is 11.6. The molecule has 0 aliphatic rings. The molecule has 3 aromatic carbocycles. The predicted molar refractivity (Wildman–Crippen MR) is 138 cm³/mol. The SMILES string of the molecule is CC(=NNC(=O)C(C)Oc1ccc(Cl)cc1Cl)c1ccc(NC(=O)c2ccc(Cl)cc2Cl)cc1. The Kier molecular flexibility index (Phi) is 8.80. The molecule has 1 unspecified atom stereocenters. The summed E-state index contributed by atoms with van der Waals surface area (Å²) < 4.78 is 5.58. The maximum Gasteiger partial charge on any atom is 0.280 e. The van der Waals surface area contributed by atoms with Crippen LogP contribution in [0.1, 0.15) is 29.8 Å². The smallest absolute Gasteiger partial charge is 0.280 e. The number of benzene rings is 3. The molecule has 0 saturated heterocycles. The first-order chi connectivity index (χ1) is 16.1. The first-order valence-corrected chi connectivity index (χ1v) is 11.5. The molecule has 2 N–H and O–H groups in total. The van der Waals surface area contributed by atoms with Gasteiger partial charge in [0.1, 0.15) is 5.75 Å².